The summed E-state index contributed by atoms with van der Waals surface area (Å²) >= 11 is 0. The van der Waals surface area contributed by atoms with Crippen molar-refractivity contribution in [3.63, 3.8) is 0 Å². The summed E-state index contributed by atoms with van der Waals surface area (Å²) in [7, 11) is 1.62. The van der Waals surface area contributed by atoms with Crippen molar-refractivity contribution in [1.82, 2.24) is 20.6 Å². The lowest BCUT2D eigenvalue weighted by molar-refractivity contribution is -0.154. The highest BCUT2D eigenvalue weighted by molar-refractivity contribution is 5.79. The van der Waals surface area contributed by atoms with Gasteiger partial charge in [-0.15, -0.1) is 0 Å². The van der Waals surface area contributed by atoms with Gasteiger partial charge in [-0.05, 0) is 5.56 Å². The Bertz CT molecular complexity index is 780. The average Bonchev–Trinajstić information content (AvgIpc) is 3.10. The zero-order valence-electron chi connectivity index (χ0n) is 16.2. The molecule has 0 saturated heterocycles. The van der Waals surface area contributed by atoms with Crippen molar-refractivity contribution in [1.29, 1.82) is 0 Å². The van der Waals surface area contributed by atoms with Gasteiger partial charge in [0.05, 0.1) is 12.7 Å². The maximum atomic E-state index is 12.1. The second kappa shape index (κ2) is 8.94. The number of hydrogen-bond acceptors (Lipinski definition) is 5. The molecule has 7 nitrogen and oxygen atoms in total. The predicted molar refractivity (Wildman–Crippen MR) is 98.0 cm³/mol. The van der Waals surface area contributed by atoms with E-state index in [2.05, 4.69) is 30.3 Å². The Balaban J connectivity index is 1.81. The molecule has 28 heavy (non-hydrogen) atoms. The highest BCUT2D eigenvalue weighted by atomic mass is 19.4. The highest BCUT2D eigenvalue weighted by Gasteiger charge is 2.28. The minimum Gasteiger partial charge on any atom is -0.468 e. The zero-order valence-corrected chi connectivity index (χ0v) is 16.2. The van der Waals surface area contributed by atoms with Gasteiger partial charge in [-0.2, -0.15) is 13.2 Å². The first-order valence-electron chi connectivity index (χ1n) is 8.61. The van der Waals surface area contributed by atoms with Gasteiger partial charge in [0.15, 0.2) is 12.6 Å². The molecular weight excluding hydrogens is 375 g/mol. The van der Waals surface area contributed by atoms with Crippen LogP contribution in [-0.2, 0) is 18.5 Å². The van der Waals surface area contributed by atoms with Crippen LogP contribution in [0.25, 0.3) is 0 Å². The summed E-state index contributed by atoms with van der Waals surface area (Å²) in [5.74, 6) is 1.78. The van der Waals surface area contributed by atoms with E-state index in [-0.39, 0.29) is 11.3 Å². The standard InChI is InChI=1S/C18H24F3N5O2/c1-17(2,3)13-9-24-15(28-13)10-26-16(22-4)25-8-12-5-6-14(23-7-12)27-11-18(19,20)21/h5-7,9H,8,10-11H2,1-4H3,(H2,22,25,26). The number of halogens is 3. The van der Waals surface area contributed by atoms with Crippen molar-refractivity contribution >= 4 is 5.96 Å². The fourth-order valence-corrected chi connectivity index (χ4v) is 2.06. The average molecular weight is 399 g/mol. The molecule has 0 spiro atoms. The van der Waals surface area contributed by atoms with Crippen LogP contribution in [0.15, 0.2) is 33.9 Å². The number of ether oxygens (including phenoxy) is 1. The van der Waals surface area contributed by atoms with Gasteiger partial charge < -0.3 is 19.8 Å². The van der Waals surface area contributed by atoms with Crippen LogP contribution in [0.5, 0.6) is 5.88 Å². The molecule has 2 N–H and O–H groups in total. The largest absolute Gasteiger partial charge is 0.468 e. The molecular formula is C18H24F3N5O2. The molecule has 0 aliphatic rings. The molecule has 154 valence electrons. The molecule has 2 aromatic heterocycles. The van der Waals surface area contributed by atoms with Crippen LogP contribution in [0, 0.1) is 0 Å². The van der Waals surface area contributed by atoms with Gasteiger partial charge in [-0.25, -0.2) is 9.97 Å². The van der Waals surface area contributed by atoms with Crippen LogP contribution in [0.1, 0.15) is 38.0 Å². The number of rotatable bonds is 6. The number of nitrogens with one attached hydrogen (secondary N) is 2. The molecule has 2 aromatic rings. The van der Waals surface area contributed by atoms with E-state index in [0.717, 1.165) is 11.3 Å². The van der Waals surface area contributed by atoms with Crippen molar-refractivity contribution in [2.45, 2.75) is 45.5 Å². The Kier molecular flexibility index (Phi) is 6.87. The highest BCUT2D eigenvalue weighted by Crippen LogP contribution is 2.22. The van der Waals surface area contributed by atoms with Gasteiger partial charge >= 0.3 is 6.18 Å². The summed E-state index contributed by atoms with van der Waals surface area (Å²) in [6.07, 6.45) is -1.24. The van der Waals surface area contributed by atoms with Gasteiger partial charge in [-0.1, -0.05) is 26.8 Å². The summed E-state index contributed by atoms with van der Waals surface area (Å²) < 4.78 is 46.7. The molecule has 0 amide bonds. The maximum absolute atomic E-state index is 12.1. The summed E-state index contributed by atoms with van der Waals surface area (Å²) in [6.45, 7) is 5.49. The molecule has 0 unspecified atom stereocenters. The Labute approximate surface area is 161 Å². The van der Waals surface area contributed by atoms with Gasteiger partial charge in [0.25, 0.3) is 0 Å². The van der Waals surface area contributed by atoms with Gasteiger partial charge in [0, 0.05) is 31.3 Å². The lowest BCUT2D eigenvalue weighted by Crippen LogP contribution is -2.36. The van der Waals surface area contributed by atoms with Crippen molar-refractivity contribution in [3.8, 4) is 5.88 Å². The van der Waals surface area contributed by atoms with E-state index in [0.29, 0.717) is 24.9 Å². The second-order valence-corrected chi connectivity index (χ2v) is 7.06. The Morgan fingerprint density at radius 1 is 1.11 bits per heavy atom. The lowest BCUT2D eigenvalue weighted by Gasteiger charge is -2.13. The Morgan fingerprint density at radius 2 is 1.82 bits per heavy atom. The topological polar surface area (TPSA) is 84.6 Å². The van der Waals surface area contributed by atoms with Crippen molar-refractivity contribution in [3.05, 3.63) is 41.7 Å². The molecule has 0 atom stereocenters. The Hall–Kier alpha value is -2.78. The molecule has 2 rings (SSSR count). The van der Waals surface area contributed by atoms with Crippen LogP contribution < -0.4 is 15.4 Å². The number of pyridine rings is 1. The SMILES string of the molecule is CN=C(NCc1ccc(OCC(F)(F)F)nc1)NCc1ncc(C(C)(C)C)o1. The van der Waals surface area contributed by atoms with E-state index in [1.807, 2.05) is 20.8 Å². The lowest BCUT2D eigenvalue weighted by atomic mass is 9.94. The van der Waals surface area contributed by atoms with Crippen LogP contribution in [-0.4, -0.2) is 35.8 Å². The predicted octanol–water partition coefficient (Wildman–Crippen LogP) is 3.17. The fraction of sp³-hybridized carbons (Fsp3) is 0.500. The number of alkyl halides is 3. The zero-order chi connectivity index (χ0) is 20.8. The van der Waals surface area contributed by atoms with E-state index < -0.39 is 12.8 Å². The van der Waals surface area contributed by atoms with Crippen LogP contribution in [0.4, 0.5) is 13.2 Å². The van der Waals surface area contributed by atoms with Gasteiger partial charge in [-0.3, -0.25) is 4.99 Å². The molecule has 0 aromatic carbocycles. The minimum atomic E-state index is -4.39. The fourth-order valence-electron chi connectivity index (χ4n) is 2.06. The molecule has 0 aliphatic heterocycles. The normalized spacial score (nSPS) is 12.8. The smallest absolute Gasteiger partial charge is 0.422 e. The molecule has 0 aliphatic carbocycles. The summed E-state index contributed by atoms with van der Waals surface area (Å²) in [4.78, 5) is 12.2. The molecule has 2 heterocycles. The van der Waals surface area contributed by atoms with Gasteiger partial charge in [0.1, 0.15) is 5.76 Å². The first kappa shape index (κ1) is 21.5. The first-order valence-corrected chi connectivity index (χ1v) is 8.61. The van der Waals surface area contributed by atoms with Gasteiger partial charge in [0.2, 0.25) is 11.8 Å². The first-order chi connectivity index (χ1) is 13.1. The summed E-state index contributed by atoms with van der Waals surface area (Å²) in [6, 6.07) is 3.02. The van der Waals surface area contributed by atoms with Crippen molar-refractivity contribution in [2.24, 2.45) is 4.99 Å². The van der Waals surface area contributed by atoms with Crippen LogP contribution in [0.2, 0.25) is 0 Å². The molecule has 0 fully saturated rings. The molecule has 0 saturated carbocycles. The minimum absolute atomic E-state index is 0.0814. The third kappa shape index (κ3) is 7.09. The number of nitrogens with zero attached hydrogens (tertiary/aromatic N) is 3. The Morgan fingerprint density at radius 3 is 2.36 bits per heavy atom. The van der Waals surface area contributed by atoms with E-state index >= 15 is 0 Å². The monoisotopic (exact) mass is 399 g/mol. The number of aromatic nitrogens is 2. The molecule has 10 heteroatoms. The number of guanidine groups is 1. The number of oxazole rings is 1. The van der Waals surface area contributed by atoms with E-state index in [1.54, 1.807) is 19.3 Å². The van der Waals surface area contributed by atoms with Crippen LogP contribution >= 0.6 is 0 Å². The number of aliphatic imine (C=N–C) groups is 1. The third-order valence-corrected chi connectivity index (χ3v) is 3.56. The quantitative estimate of drug-likeness (QED) is 0.573. The summed E-state index contributed by atoms with van der Waals surface area (Å²) in [5, 5.41) is 6.16. The second-order valence-electron chi connectivity index (χ2n) is 7.06. The number of hydrogen-bond donors (Lipinski definition) is 2. The maximum Gasteiger partial charge on any atom is 0.422 e. The summed E-state index contributed by atoms with van der Waals surface area (Å²) in [5.41, 5.74) is 0.641. The van der Waals surface area contributed by atoms with Crippen molar-refractivity contribution < 1.29 is 22.3 Å². The third-order valence-electron chi connectivity index (χ3n) is 3.56. The van der Waals surface area contributed by atoms with Crippen LogP contribution in [0.3, 0.4) is 0 Å². The molecule has 0 bridgehead atoms. The van der Waals surface area contributed by atoms with E-state index in [9.17, 15) is 13.2 Å². The molecule has 0 radical (unpaired) electrons. The van der Waals surface area contributed by atoms with E-state index in [1.165, 1.54) is 12.3 Å². The van der Waals surface area contributed by atoms with Crippen molar-refractivity contribution in [2.75, 3.05) is 13.7 Å². The van der Waals surface area contributed by atoms with E-state index in [4.69, 9.17) is 4.42 Å².